The number of carbonyl (C=O) groups is 1. The fourth-order valence-electron chi connectivity index (χ4n) is 3.73. The maximum atomic E-state index is 12.5. The summed E-state index contributed by atoms with van der Waals surface area (Å²) in [5.74, 6) is 0.377. The lowest BCUT2D eigenvalue weighted by atomic mass is 10.0. The molecular formula is C22H25N5O2S. The van der Waals surface area contributed by atoms with Crippen molar-refractivity contribution in [2.24, 2.45) is 0 Å². The Morgan fingerprint density at radius 3 is 2.67 bits per heavy atom. The van der Waals surface area contributed by atoms with Gasteiger partial charge in [0.1, 0.15) is 5.82 Å². The summed E-state index contributed by atoms with van der Waals surface area (Å²) >= 11 is 1.59. The van der Waals surface area contributed by atoms with Crippen molar-refractivity contribution in [1.29, 1.82) is 0 Å². The van der Waals surface area contributed by atoms with E-state index < -0.39 is 0 Å². The van der Waals surface area contributed by atoms with Crippen LogP contribution < -0.4 is 10.9 Å². The second-order valence-electron chi connectivity index (χ2n) is 7.57. The van der Waals surface area contributed by atoms with E-state index in [0.29, 0.717) is 28.6 Å². The van der Waals surface area contributed by atoms with Crippen LogP contribution in [0.25, 0.3) is 11.4 Å². The molecule has 1 aliphatic carbocycles. The zero-order valence-electron chi connectivity index (χ0n) is 17.0. The summed E-state index contributed by atoms with van der Waals surface area (Å²) in [7, 11) is 0. The summed E-state index contributed by atoms with van der Waals surface area (Å²) in [6.07, 6.45) is 10.8. The first-order valence-electron chi connectivity index (χ1n) is 10.4. The van der Waals surface area contributed by atoms with Crippen molar-refractivity contribution in [1.82, 2.24) is 19.9 Å². The highest BCUT2D eigenvalue weighted by atomic mass is 32.1. The number of nitrogens with zero attached hydrogens (tertiary/aromatic N) is 3. The van der Waals surface area contributed by atoms with E-state index in [-0.39, 0.29) is 17.9 Å². The zero-order chi connectivity index (χ0) is 20.9. The summed E-state index contributed by atoms with van der Waals surface area (Å²) in [5.41, 5.74) is 2.90. The number of carbonyl (C=O) groups excluding carboxylic acids is 1. The maximum Gasteiger partial charge on any atom is 0.254 e. The van der Waals surface area contributed by atoms with Crippen molar-refractivity contribution in [3.05, 3.63) is 56.7 Å². The Balaban J connectivity index is 1.40. The second-order valence-corrected chi connectivity index (χ2v) is 8.65. The van der Waals surface area contributed by atoms with Crippen molar-refractivity contribution >= 4 is 22.4 Å². The van der Waals surface area contributed by atoms with Crippen LogP contribution in [0.3, 0.4) is 0 Å². The third kappa shape index (κ3) is 4.81. The fourth-order valence-corrected chi connectivity index (χ4v) is 4.80. The van der Waals surface area contributed by atoms with E-state index in [4.69, 9.17) is 0 Å². The maximum absolute atomic E-state index is 12.5. The highest BCUT2D eigenvalue weighted by molar-refractivity contribution is 7.15. The number of nitrogens with one attached hydrogen (secondary N) is 2. The van der Waals surface area contributed by atoms with Gasteiger partial charge in [-0.15, -0.1) is 11.3 Å². The van der Waals surface area contributed by atoms with Gasteiger partial charge >= 0.3 is 0 Å². The molecule has 0 saturated carbocycles. The molecule has 0 spiro atoms. The predicted molar refractivity (Wildman–Crippen MR) is 118 cm³/mol. The number of thiazole rings is 1. The van der Waals surface area contributed by atoms with E-state index in [9.17, 15) is 9.59 Å². The normalized spacial score (nSPS) is 13.9. The van der Waals surface area contributed by atoms with Gasteiger partial charge in [0.2, 0.25) is 5.91 Å². The molecule has 3 aromatic heterocycles. The Morgan fingerprint density at radius 1 is 1.13 bits per heavy atom. The SMILES string of the molecule is Cc1nc(-c2ccncc2)[nH]c(=O)c1CCC(=O)Nc1nc2c(s1)CCCCCC2. The molecule has 0 fully saturated rings. The molecule has 2 N–H and O–H groups in total. The Bertz CT molecular complexity index is 1070. The number of pyridine rings is 1. The van der Waals surface area contributed by atoms with Gasteiger partial charge < -0.3 is 10.3 Å². The first kappa shape index (κ1) is 20.4. The standard InChI is InChI=1S/C22H25N5O2S/c1-14-16(21(29)27-20(24-14)15-10-12-23-13-11-15)8-9-19(28)26-22-25-17-6-4-2-3-5-7-18(17)30-22/h10-13H,2-9H2,1H3,(H,24,27,29)(H,25,26,28). The lowest BCUT2D eigenvalue weighted by molar-refractivity contribution is -0.116. The lowest BCUT2D eigenvalue weighted by Gasteiger charge is -2.07. The quantitative estimate of drug-likeness (QED) is 0.650. The average molecular weight is 424 g/mol. The van der Waals surface area contributed by atoms with Gasteiger partial charge in [0, 0.05) is 40.5 Å². The largest absolute Gasteiger partial charge is 0.306 e. The molecule has 0 atom stereocenters. The Kier molecular flexibility index (Phi) is 6.32. The van der Waals surface area contributed by atoms with Crippen molar-refractivity contribution < 1.29 is 4.79 Å². The molecule has 0 aliphatic heterocycles. The van der Waals surface area contributed by atoms with Gasteiger partial charge in [0.25, 0.3) is 5.56 Å². The number of aryl methyl sites for hydroxylation is 3. The first-order chi connectivity index (χ1) is 14.6. The van der Waals surface area contributed by atoms with Crippen LogP contribution in [0.2, 0.25) is 0 Å². The molecule has 8 heteroatoms. The van der Waals surface area contributed by atoms with Gasteiger partial charge in [-0.25, -0.2) is 9.97 Å². The smallest absolute Gasteiger partial charge is 0.254 e. The van der Waals surface area contributed by atoms with Crippen LogP contribution in [-0.4, -0.2) is 25.8 Å². The van der Waals surface area contributed by atoms with Crippen molar-refractivity contribution in [3.63, 3.8) is 0 Å². The monoisotopic (exact) mass is 423 g/mol. The number of aromatic amines is 1. The number of amides is 1. The molecule has 0 bridgehead atoms. The third-order valence-electron chi connectivity index (χ3n) is 5.37. The number of H-pyrrole nitrogens is 1. The van der Waals surface area contributed by atoms with Gasteiger partial charge in [-0.2, -0.15) is 0 Å². The molecule has 3 heterocycles. The summed E-state index contributed by atoms with van der Waals surface area (Å²) in [6.45, 7) is 1.80. The van der Waals surface area contributed by atoms with E-state index in [1.54, 1.807) is 42.8 Å². The Labute approximate surface area is 179 Å². The molecule has 156 valence electrons. The molecule has 0 aromatic carbocycles. The fraction of sp³-hybridized carbons (Fsp3) is 0.409. The van der Waals surface area contributed by atoms with Crippen LogP contribution in [-0.2, 0) is 24.1 Å². The third-order valence-corrected chi connectivity index (χ3v) is 6.44. The van der Waals surface area contributed by atoms with E-state index in [1.165, 1.54) is 24.1 Å². The summed E-state index contributed by atoms with van der Waals surface area (Å²) in [6, 6.07) is 3.59. The number of hydrogen-bond acceptors (Lipinski definition) is 6. The van der Waals surface area contributed by atoms with Crippen molar-refractivity contribution in [3.8, 4) is 11.4 Å². The number of anilines is 1. The van der Waals surface area contributed by atoms with Gasteiger partial charge in [0.15, 0.2) is 5.13 Å². The minimum Gasteiger partial charge on any atom is -0.306 e. The molecule has 0 saturated heterocycles. The van der Waals surface area contributed by atoms with Crippen molar-refractivity contribution in [2.75, 3.05) is 5.32 Å². The van der Waals surface area contributed by atoms with Crippen LogP contribution in [0.15, 0.2) is 29.3 Å². The van der Waals surface area contributed by atoms with Gasteiger partial charge in [-0.3, -0.25) is 14.6 Å². The van der Waals surface area contributed by atoms with E-state index in [2.05, 4.69) is 25.3 Å². The van der Waals surface area contributed by atoms with Crippen LogP contribution >= 0.6 is 11.3 Å². The molecule has 7 nitrogen and oxygen atoms in total. The lowest BCUT2D eigenvalue weighted by Crippen LogP contribution is -2.20. The van der Waals surface area contributed by atoms with Gasteiger partial charge in [-0.1, -0.05) is 12.8 Å². The minimum absolute atomic E-state index is 0.131. The Hall–Kier alpha value is -2.87. The first-order valence-corrected chi connectivity index (χ1v) is 11.2. The van der Waals surface area contributed by atoms with Crippen molar-refractivity contribution in [2.45, 2.75) is 58.3 Å². The van der Waals surface area contributed by atoms with E-state index in [0.717, 1.165) is 30.5 Å². The van der Waals surface area contributed by atoms with Crippen LogP contribution in [0.1, 0.15) is 53.9 Å². The predicted octanol–water partition coefficient (Wildman–Crippen LogP) is 3.83. The van der Waals surface area contributed by atoms with E-state index >= 15 is 0 Å². The van der Waals surface area contributed by atoms with Gasteiger partial charge in [0.05, 0.1) is 5.69 Å². The minimum atomic E-state index is -0.209. The van der Waals surface area contributed by atoms with Crippen LogP contribution in [0, 0.1) is 6.92 Å². The number of hydrogen-bond donors (Lipinski definition) is 2. The number of rotatable bonds is 5. The summed E-state index contributed by atoms with van der Waals surface area (Å²) in [4.78, 5) is 42.2. The molecule has 0 radical (unpaired) electrons. The molecule has 4 rings (SSSR count). The van der Waals surface area contributed by atoms with Crippen LogP contribution in [0.4, 0.5) is 5.13 Å². The molecule has 30 heavy (non-hydrogen) atoms. The van der Waals surface area contributed by atoms with E-state index in [1.807, 2.05) is 0 Å². The summed E-state index contributed by atoms with van der Waals surface area (Å²) < 4.78 is 0. The zero-order valence-corrected chi connectivity index (χ0v) is 17.8. The average Bonchev–Trinajstić information content (AvgIpc) is 3.08. The van der Waals surface area contributed by atoms with Gasteiger partial charge in [-0.05, 0) is 51.2 Å². The van der Waals surface area contributed by atoms with Crippen LogP contribution in [0.5, 0.6) is 0 Å². The molecule has 3 aromatic rings. The highest BCUT2D eigenvalue weighted by Gasteiger charge is 2.16. The Morgan fingerprint density at radius 2 is 1.90 bits per heavy atom. The molecule has 0 unspecified atom stereocenters. The summed E-state index contributed by atoms with van der Waals surface area (Å²) in [5, 5.41) is 3.59. The molecular weight excluding hydrogens is 398 g/mol. The number of fused-ring (bicyclic) bond motifs is 1. The second kappa shape index (κ2) is 9.30. The highest BCUT2D eigenvalue weighted by Crippen LogP contribution is 2.28. The topological polar surface area (TPSA) is 101 Å². The number of aromatic nitrogens is 4. The molecule has 1 aliphatic rings. The molecule has 1 amide bonds.